The fourth-order valence-electron chi connectivity index (χ4n) is 3.26. The Morgan fingerprint density at radius 3 is 2.54 bits per heavy atom. The predicted molar refractivity (Wildman–Crippen MR) is 96.4 cm³/mol. The van der Waals surface area contributed by atoms with Crippen molar-refractivity contribution in [3.8, 4) is 5.69 Å². The number of urea groups is 1. The Morgan fingerprint density at radius 2 is 1.86 bits per heavy atom. The van der Waals surface area contributed by atoms with Gasteiger partial charge in [-0.2, -0.15) is 5.10 Å². The molecule has 142 valence electrons. The number of hydrogen-bond acceptors (Lipinski definition) is 3. The molecule has 1 saturated heterocycles. The van der Waals surface area contributed by atoms with E-state index in [1.54, 1.807) is 35.3 Å². The molecule has 0 unspecified atom stereocenters. The van der Waals surface area contributed by atoms with Crippen LogP contribution in [0.15, 0.2) is 60.9 Å². The minimum atomic E-state index is -1.67. The lowest BCUT2D eigenvalue weighted by Crippen LogP contribution is -2.41. The van der Waals surface area contributed by atoms with Crippen LogP contribution in [0.1, 0.15) is 18.1 Å². The highest BCUT2D eigenvalue weighted by molar-refractivity contribution is 6.07. The Kier molecular flexibility index (Phi) is 4.18. The number of halogens is 2. The van der Waals surface area contributed by atoms with E-state index in [1.807, 2.05) is 12.1 Å². The van der Waals surface area contributed by atoms with Crippen LogP contribution in [0.3, 0.4) is 0 Å². The van der Waals surface area contributed by atoms with Crippen molar-refractivity contribution in [3.05, 3.63) is 83.7 Å². The van der Waals surface area contributed by atoms with Crippen LogP contribution < -0.4 is 5.32 Å². The topological polar surface area (TPSA) is 67.2 Å². The SMILES string of the molecule is C[C@@]1(c2cc(F)ccc2F)NC(=O)N(Cc2ccc(-n3cccn3)cc2)C1=O. The van der Waals surface area contributed by atoms with Crippen molar-refractivity contribution in [2.24, 2.45) is 0 Å². The van der Waals surface area contributed by atoms with E-state index in [0.717, 1.165) is 28.8 Å². The lowest BCUT2D eigenvalue weighted by Gasteiger charge is -2.23. The molecule has 3 amide bonds. The second-order valence-electron chi connectivity index (χ2n) is 6.69. The van der Waals surface area contributed by atoms with Crippen LogP contribution in [0.2, 0.25) is 0 Å². The molecule has 1 N–H and O–H groups in total. The van der Waals surface area contributed by atoms with Gasteiger partial charge >= 0.3 is 6.03 Å². The zero-order chi connectivity index (χ0) is 19.9. The Morgan fingerprint density at radius 1 is 1.11 bits per heavy atom. The number of aromatic nitrogens is 2. The Bertz CT molecular complexity index is 1050. The summed E-state index contributed by atoms with van der Waals surface area (Å²) in [5, 5.41) is 6.62. The third-order valence-corrected chi connectivity index (χ3v) is 4.79. The van der Waals surface area contributed by atoms with Crippen molar-refractivity contribution in [1.29, 1.82) is 0 Å². The molecule has 1 aliphatic heterocycles. The number of hydrogen-bond donors (Lipinski definition) is 1. The molecule has 1 aromatic heterocycles. The first-order valence-corrected chi connectivity index (χ1v) is 8.57. The van der Waals surface area contributed by atoms with Gasteiger partial charge in [0.25, 0.3) is 5.91 Å². The summed E-state index contributed by atoms with van der Waals surface area (Å²) in [6, 6.07) is 11.1. The molecule has 6 nitrogen and oxygen atoms in total. The van der Waals surface area contributed by atoms with Gasteiger partial charge in [-0.3, -0.25) is 9.69 Å². The molecule has 0 spiro atoms. The summed E-state index contributed by atoms with van der Waals surface area (Å²) in [5.41, 5.74) is -0.332. The lowest BCUT2D eigenvalue weighted by molar-refractivity contribution is -0.131. The van der Waals surface area contributed by atoms with E-state index in [9.17, 15) is 18.4 Å². The lowest BCUT2D eigenvalue weighted by atomic mass is 9.91. The monoisotopic (exact) mass is 382 g/mol. The number of nitrogens with zero attached hydrogens (tertiary/aromatic N) is 3. The maximum absolute atomic E-state index is 14.2. The van der Waals surface area contributed by atoms with E-state index < -0.39 is 29.1 Å². The molecule has 3 aromatic rings. The van der Waals surface area contributed by atoms with Gasteiger partial charge in [0.05, 0.1) is 12.2 Å². The molecule has 0 saturated carbocycles. The molecule has 0 bridgehead atoms. The summed E-state index contributed by atoms with van der Waals surface area (Å²) in [5.74, 6) is -2.09. The van der Waals surface area contributed by atoms with Gasteiger partial charge in [-0.05, 0) is 48.9 Å². The van der Waals surface area contributed by atoms with E-state index in [1.165, 1.54) is 6.92 Å². The quantitative estimate of drug-likeness (QED) is 0.705. The molecule has 2 aromatic carbocycles. The number of imide groups is 1. The van der Waals surface area contributed by atoms with E-state index in [-0.39, 0.29) is 12.1 Å². The molecule has 28 heavy (non-hydrogen) atoms. The number of amides is 3. The molecular formula is C20H16F2N4O2. The summed E-state index contributed by atoms with van der Waals surface area (Å²) in [6.07, 6.45) is 3.46. The van der Waals surface area contributed by atoms with Crippen LogP contribution in [0.4, 0.5) is 13.6 Å². The summed E-state index contributed by atoms with van der Waals surface area (Å²) >= 11 is 0. The minimum Gasteiger partial charge on any atom is -0.319 e. The van der Waals surface area contributed by atoms with Crippen LogP contribution in [0.5, 0.6) is 0 Å². The summed E-state index contributed by atoms with van der Waals surface area (Å²) in [7, 11) is 0. The van der Waals surface area contributed by atoms with Gasteiger partial charge in [0.15, 0.2) is 0 Å². The normalized spacial score (nSPS) is 19.2. The van der Waals surface area contributed by atoms with E-state index in [2.05, 4.69) is 10.4 Å². The number of carbonyl (C=O) groups is 2. The van der Waals surface area contributed by atoms with E-state index in [4.69, 9.17) is 0 Å². The number of carbonyl (C=O) groups excluding carboxylic acids is 2. The number of nitrogens with one attached hydrogen (secondary N) is 1. The highest BCUT2D eigenvalue weighted by Gasteiger charge is 2.50. The average Bonchev–Trinajstić information content (AvgIpc) is 3.28. The van der Waals surface area contributed by atoms with Crippen molar-refractivity contribution >= 4 is 11.9 Å². The molecule has 2 heterocycles. The van der Waals surface area contributed by atoms with Gasteiger partial charge in [0, 0.05) is 18.0 Å². The van der Waals surface area contributed by atoms with Gasteiger partial charge < -0.3 is 5.32 Å². The molecule has 1 aliphatic rings. The largest absolute Gasteiger partial charge is 0.325 e. The molecule has 1 atom stereocenters. The molecule has 0 radical (unpaired) electrons. The second kappa shape index (κ2) is 6.56. The van der Waals surface area contributed by atoms with Crippen molar-refractivity contribution in [2.75, 3.05) is 0 Å². The van der Waals surface area contributed by atoms with E-state index >= 15 is 0 Å². The first-order valence-electron chi connectivity index (χ1n) is 8.57. The first-order chi connectivity index (χ1) is 13.4. The highest BCUT2D eigenvalue weighted by Crippen LogP contribution is 2.32. The van der Waals surface area contributed by atoms with Crippen LogP contribution >= 0.6 is 0 Å². The molecule has 0 aliphatic carbocycles. The summed E-state index contributed by atoms with van der Waals surface area (Å²) < 4.78 is 29.5. The Balaban J connectivity index is 1.58. The van der Waals surface area contributed by atoms with Crippen molar-refractivity contribution in [1.82, 2.24) is 20.0 Å². The van der Waals surface area contributed by atoms with Crippen LogP contribution in [-0.2, 0) is 16.9 Å². The Hall–Kier alpha value is -3.55. The molecule has 4 rings (SSSR count). The highest BCUT2D eigenvalue weighted by atomic mass is 19.1. The third kappa shape index (κ3) is 2.92. The number of benzene rings is 2. The van der Waals surface area contributed by atoms with E-state index in [0.29, 0.717) is 5.56 Å². The van der Waals surface area contributed by atoms with Crippen molar-refractivity contribution < 1.29 is 18.4 Å². The van der Waals surface area contributed by atoms with Crippen molar-refractivity contribution in [2.45, 2.75) is 19.0 Å². The maximum atomic E-state index is 14.2. The maximum Gasteiger partial charge on any atom is 0.325 e. The zero-order valence-corrected chi connectivity index (χ0v) is 14.9. The average molecular weight is 382 g/mol. The smallest absolute Gasteiger partial charge is 0.319 e. The third-order valence-electron chi connectivity index (χ3n) is 4.79. The van der Waals surface area contributed by atoms with Gasteiger partial charge in [-0.25, -0.2) is 18.3 Å². The molecule has 1 fully saturated rings. The summed E-state index contributed by atoms with van der Waals surface area (Å²) in [6.45, 7) is 1.38. The van der Waals surface area contributed by atoms with Crippen LogP contribution in [0, 0.1) is 11.6 Å². The standard InChI is InChI=1S/C20H16F2N4O2/c1-20(16-11-14(21)5-8-17(16)22)18(27)25(19(28)24-20)12-13-3-6-15(7-4-13)26-10-2-9-23-26/h2-11H,12H2,1H3,(H,24,28)/t20-/m0/s1. The van der Waals surface area contributed by atoms with Gasteiger partial charge in [0.1, 0.15) is 17.2 Å². The fourth-order valence-corrected chi connectivity index (χ4v) is 3.26. The summed E-state index contributed by atoms with van der Waals surface area (Å²) in [4.78, 5) is 26.3. The molecule has 8 heteroatoms. The predicted octanol–water partition coefficient (Wildman–Crippen LogP) is 3.12. The zero-order valence-electron chi connectivity index (χ0n) is 14.9. The number of rotatable bonds is 4. The van der Waals surface area contributed by atoms with Crippen LogP contribution in [0.25, 0.3) is 5.69 Å². The van der Waals surface area contributed by atoms with Gasteiger partial charge in [-0.1, -0.05) is 12.1 Å². The first kappa shape index (κ1) is 17.8. The van der Waals surface area contributed by atoms with Gasteiger partial charge in [-0.15, -0.1) is 0 Å². The molecular weight excluding hydrogens is 366 g/mol. The van der Waals surface area contributed by atoms with Crippen LogP contribution in [-0.4, -0.2) is 26.6 Å². The minimum absolute atomic E-state index is 0.0105. The Labute approximate surface area is 159 Å². The van der Waals surface area contributed by atoms with Gasteiger partial charge in [0.2, 0.25) is 0 Å². The fraction of sp³-hybridized carbons (Fsp3) is 0.150. The van der Waals surface area contributed by atoms with Crippen molar-refractivity contribution in [3.63, 3.8) is 0 Å². The second-order valence-corrected chi connectivity index (χ2v) is 6.69.